The van der Waals surface area contributed by atoms with E-state index in [-0.39, 0.29) is 18.0 Å². The number of aliphatic hydroxyl groups is 1. The summed E-state index contributed by atoms with van der Waals surface area (Å²) in [6.45, 7) is 1.81. The van der Waals surface area contributed by atoms with Crippen LogP contribution < -0.4 is 4.72 Å². The van der Waals surface area contributed by atoms with Gasteiger partial charge in [0.2, 0.25) is 10.0 Å². The predicted molar refractivity (Wildman–Crippen MR) is 85.3 cm³/mol. The first-order chi connectivity index (χ1) is 9.94. The van der Waals surface area contributed by atoms with Crippen LogP contribution in [0.5, 0.6) is 0 Å². The first-order valence-corrected chi connectivity index (χ1v) is 8.65. The monoisotopic (exact) mass is 369 g/mol. The van der Waals surface area contributed by atoms with Gasteiger partial charge >= 0.3 is 0 Å². The SMILES string of the molecule is Cc1cc(CO)cc(S(=O)(=O)NCc2ccccc2)c1Br. The molecule has 2 rings (SSSR count). The molecular weight excluding hydrogens is 354 g/mol. The van der Waals surface area contributed by atoms with E-state index in [1.165, 1.54) is 6.07 Å². The van der Waals surface area contributed by atoms with Crippen molar-refractivity contribution in [3.8, 4) is 0 Å². The Bertz CT molecular complexity index is 730. The summed E-state index contributed by atoms with van der Waals surface area (Å²) < 4.78 is 27.9. The summed E-state index contributed by atoms with van der Waals surface area (Å²) in [6, 6.07) is 12.5. The van der Waals surface area contributed by atoms with Gasteiger partial charge in [-0.2, -0.15) is 0 Å². The van der Waals surface area contributed by atoms with E-state index in [4.69, 9.17) is 0 Å². The minimum atomic E-state index is -3.65. The summed E-state index contributed by atoms with van der Waals surface area (Å²) in [7, 11) is -3.65. The molecule has 2 aromatic rings. The topological polar surface area (TPSA) is 66.4 Å². The van der Waals surface area contributed by atoms with Gasteiger partial charge in [-0.15, -0.1) is 0 Å². The normalized spacial score (nSPS) is 11.6. The Hall–Kier alpha value is -1.21. The van der Waals surface area contributed by atoms with Crippen LogP contribution >= 0.6 is 15.9 Å². The maximum absolute atomic E-state index is 12.4. The number of hydrogen-bond acceptors (Lipinski definition) is 3. The zero-order valence-electron chi connectivity index (χ0n) is 11.5. The summed E-state index contributed by atoms with van der Waals surface area (Å²) in [5.74, 6) is 0. The Morgan fingerprint density at radius 2 is 1.81 bits per heavy atom. The molecule has 0 fully saturated rings. The molecule has 0 aliphatic rings. The number of sulfonamides is 1. The van der Waals surface area contributed by atoms with Crippen LogP contribution in [0.15, 0.2) is 51.8 Å². The number of hydrogen-bond donors (Lipinski definition) is 2. The maximum Gasteiger partial charge on any atom is 0.242 e. The molecule has 0 saturated carbocycles. The van der Waals surface area contributed by atoms with E-state index in [1.807, 2.05) is 30.3 Å². The summed E-state index contributed by atoms with van der Waals surface area (Å²) >= 11 is 3.30. The number of aliphatic hydroxyl groups excluding tert-OH is 1. The number of rotatable bonds is 5. The highest BCUT2D eigenvalue weighted by atomic mass is 79.9. The third kappa shape index (κ3) is 3.91. The van der Waals surface area contributed by atoms with E-state index >= 15 is 0 Å². The molecule has 0 aliphatic heterocycles. The number of halogens is 1. The van der Waals surface area contributed by atoms with Gasteiger partial charge in [-0.25, -0.2) is 13.1 Å². The lowest BCUT2D eigenvalue weighted by Crippen LogP contribution is -2.24. The van der Waals surface area contributed by atoms with Crippen molar-refractivity contribution in [2.45, 2.75) is 25.0 Å². The molecule has 6 heteroatoms. The van der Waals surface area contributed by atoms with Gasteiger partial charge in [0.1, 0.15) is 0 Å². The fourth-order valence-corrected chi connectivity index (χ4v) is 4.03. The van der Waals surface area contributed by atoms with Crippen LogP contribution in [-0.4, -0.2) is 13.5 Å². The van der Waals surface area contributed by atoms with Gasteiger partial charge < -0.3 is 5.11 Å². The molecule has 0 amide bonds. The van der Waals surface area contributed by atoms with Crippen LogP contribution in [0.25, 0.3) is 0 Å². The van der Waals surface area contributed by atoms with Crippen LogP contribution in [0, 0.1) is 6.92 Å². The van der Waals surface area contributed by atoms with Crippen molar-refractivity contribution in [1.29, 1.82) is 0 Å². The van der Waals surface area contributed by atoms with Gasteiger partial charge in [0.25, 0.3) is 0 Å². The van der Waals surface area contributed by atoms with E-state index in [1.54, 1.807) is 13.0 Å². The van der Waals surface area contributed by atoms with Crippen molar-refractivity contribution in [2.24, 2.45) is 0 Å². The van der Waals surface area contributed by atoms with Gasteiger partial charge in [0, 0.05) is 11.0 Å². The maximum atomic E-state index is 12.4. The van der Waals surface area contributed by atoms with Gasteiger partial charge in [-0.1, -0.05) is 36.4 Å². The van der Waals surface area contributed by atoms with Crippen molar-refractivity contribution in [3.63, 3.8) is 0 Å². The zero-order valence-corrected chi connectivity index (χ0v) is 13.9. The minimum absolute atomic E-state index is 0.141. The van der Waals surface area contributed by atoms with E-state index in [2.05, 4.69) is 20.7 Å². The molecule has 0 spiro atoms. The molecule has 112 valence electrons. The van der Waals surface area contributed by atoms with E-state index in [0.717, 1.165) is 11.1 Å². The van der Waals surface area contributed by atoms with E-state index in [9.17, 15) is 13.5 Å². The molecule has 0 heterocycles. The van der Waals surface area contributed by atoms with Crippen molar-refractivity contribution >= 4 is 26.0 Å². The molecular formula is C15H16BrNO3S. The Labute approximate surface area is 133 Å². The average molecular weight is 370 g/mol. The molecule has 0 bridgehead atoms. The molecule has 21 heavy (non-hydrogen) atoms. The molecule has 0 aromatic heterocycles. The van der Waals surface area contributed by atoms with Crippen molar-refractivity contribution in [3.05, 3.63) is 63.6 Å². The second kappa shape index (κ2) is 6.70. The van der Waals surface area contributed by atoms with Gasteiger partial charge in [0.05, 0.1) is 11.5 Å². The Morgan fingerprint density at radius 3 is 2.43 bits per heavy atom. The van der Waals surface area contributed by atoms with Gasteiger partial charge in [0.15, 0.2) is 0 Å². The summed E-state index contributed by atoms with van der Waals surface area (Å²) in [6.07, 6.45) is 0. The molecule has 0 atom stereocenters. The minimum Gasteiger partial charge on any atom is -0.392 e. The second-order valence-corrected chi connectivity index (χ2v) is 7.22. The lowest BCUT2D eigenvalue weighted by Gasteiger charge is -2.12. The Balaban J connectivity index is 2.29. The molecule has 0 saturated heterocycles. The summed E-state index contributed by atoms with van der Waals surface area (Å²) in [5, 5.41) is 9.22. The lowest BCUT2D eigenvalue weighted by molar-refractivity contribution is 0.281. The lowest BCUT2D eigenvalue weighted by atomic mass is 10.1. The summed E-state index contributed by atoms with van der Waals surface area (Å²) in [5.41, 5.74) is 2.21. The quantitative estimate of drug-likeness (QED) is 0.851. The number of benzene rings is 2. The number of aryl methyl sites for hydroxylation is 1. The standard InChI is InChI=1S/C15H16BrNO3S/c1-11-7-13(10-18)8-14(15(11)16)21(19,20)17-9-12-5-3-2-4-6-12/h2-8,17-18H,9-10H2,1H3. The Kier molecular flexibility index (Phi) is 5.16. The molecule has 0 unspecified atom stereocenters. The molecule has 0 radical (unpaired) electrons. The van der Waals surface area contributed by atoms with Crippen molar-refractivity contribution in [1.82, 2.24) is 4.72 Å². The first-order valence-electron chi connectivity index (χ1n) is 6.37. The van der Waals surface area contributed by atoms with Crippen LogP contribution in [0.4, 0.5) is 0 Å². The van der Waals surface area contributed by atoms with Crippen LogP contribution in [0.3, 0.4) is 0 Å². The highest BCUT2D eigenvalue weighted by Crippen LogP contribution is 2.27. The first kappa shape index (κ1) is 16.2. The molecule has 4 nitrogen and oxygen atoms in total. The van der Waals surface area contributed by atoms with Gasteiger partial charge in [-0.3, -0.25) is 0 Å². The van der Waals surface area contributed by atoms with Crippen molar-refractivity contribution < 1.29 is 13.5 Å². The highest BCUT2D eigenvalue weighted by Gasteiger charge is 2.19. The third-order valence-electron chi connectivity index (χ3n) is 3.06. The second-order valence-electron chi connectivity index (χ2n) is 4.69. The predicted octanol–water partition coefficient (Wildman–Crippen LogP) is 2.73. The molecule has 0 aliphatic carbocycles. The van der Waals surface area contributed by atoms with Crippen LogP contribution in [-0.2, 0) is 23.2 Å². The smallest absolute Gasteiger partial charge is 0.242 e. The van der Waals surface area contributed by atoms with Gasteiger partial charge in [-0.05, 0) is 45.6 Å². The van der Waals surface area contributed by atoms with Crippen LogP contribution in [0.2, 0.25) is 0 Å². The Morgan fingerprint density at radius 1 is 1.14 bits per heavy atom. The fourth-order valence-electron chi connectivity index (χ4n) is 1.95. The zero-order chi connectivity index (χ0) is 15.5. The van der Waals surface area contributed by atoms with Crippen molar-refractivity contribution in [2.75, 3.05) is 0 Å². The largest absolute Gasteiger partial charge is 0.392 e. The molecule has 2 N–H and O–H groups in total. The third-order valence-corrected chi connectivity index (χ3v) is 5.80. The van der Waals surface area contributed by atoms with E-state index < -0.39 is 10.0 Å². The van der Waals surface area contributed by atoms with E-state index in [0.29, 0.717) is 10.0 Å². The highest BCUT2D eigenvalue weighted by molar-refractivity contribution is 9.10. The van der Waals surface area contributed by atoms with Crippen LogP contribution in [0.1, 0.15) is 16.7 Å². The summed E-state index contributed by atoms with van der Waals surface area (Å²) in [4.78, 5) is 0.141. The fraction of sp³-hybridized carbons (Fsp3) is 0.200. The average Bonchev–Trinajstić information content (AvgIpc) is 2.48. The molecule has 2 aromatic carbocycles. The number of nitrogens with one attached hydrogen (secondary N) is 1.